The highest BCUT2D eigenvalue weighted by Crippen LogP contribution is 2.13. The lowest BCUT2D eigenvalue weighted by atomic mass is 9.98. The van der Waals surface area contributed by atoms with Gasteiger partial charge in [-0.25, -0.2) is 4.79 Å². The smallest absolute Gasteiger partial charge is 0.327 e. The maximum Gasteiger partial charge on any atom is 0.327 e. The number of thiol groups is 3. The van der Waals surface area contributed by atoms with Crippen molar-refractivity contribution in [2.24, 2.45) is 50.5 Å². The van der Waals surface area contributed by atoms with Gasteiger partial charge in [-0.05, 0) is 75.2 Å². The minimum absolute atomic E-state index is 0.0124. The summed E-state index contributed by atoms with van der Waals surface area (Å²) in [4.78, 5) is 193. The number of nitrogens with one attached hydrogen (secondary N) is 11. The second kappa shape index (κ2) is 46.5. The Balaban J connectivity index is 6.81. The van der Waals surface area contributed by atoms with Gasteiger partial charge in [0.1, 0.15) is 66.5 Å². The Morgan fingerprint density at radius 3 is 1.07 bits per heavy atom. The highest BCUT2D eigenvalue weighted by atomic mass is 32.2. The summed E-state index contributed by atoms with van der Waals surface area (Å²) in [6, 6.07) is -18.7. The van der Waals surface area contributed by atoms with E-state index >= 15 is 0 Å². The molecule has 94 heavy (non-hydrogen) atoms. The zero-order chi connectivity index (χ0) is 71.9. The zero-order valence-corrected chi connectivity index (χ0v) is 56.3. The summed E-state index contributed by atoms with van der Waals surface area (Å²) < 4.78 is 0. The first-order valence-electron chi connectivity index (χ1n) is 29.5. The Labute approximate surface area is 563 Å². The lowest BCUT2D eigenvalue weighted by Gasteiger charge is -2.29. The number of aliphatic hydroxyl groups is 2. The molecule has 0 aromatic carbocycles. The number of nitrogens with two attached hydrogens (primary N) is 5. The molecule has 26 N–H and O–H groups in total. The van der Waals surface area contributed by atoms with E-state index in [1.807, 2.05) is 0 Å². The van der Waals surface area contributed by atoms with E-state index in [0.717, 1.165) is 0 Å². The number of aliphatic hydroxyl groups excluding tert-OH is 2. The number of guanidine groups is 2. The summed E-state index contributed by atoms with van der Waals surface area (Å²) in [6.07, 6.45) is -1.15. The van der Waals surface area contributed by atoms with Crippen LogP contribution in [0.25, 0.3) is 0 Å². The molecule has 0 aromatic heterocycles. The van der Waals surface area contributed by atoms with E-state index in [0.29, 0.717) is 5.75 Å². The molecular formula is C53H94N18O19S4. The third-order valence-electron chi connectivity index (χ3n) is 13.3. The standard InChI is InChI=1S/C53H94N18O19S4/c1-24(2)18-32(66-42(80)28(9-7-16-60-53(57)58)63-47(85)33(19-72)67-43(81)29(10-12-37(74)75)61-40(78)26(54)21-91)46(84)71-39(25(3)4)50(88)65-30(11-13-38(76)77)44(82)69-35(22-92)49(87)68-34(20-73)48(86)62-27(8-6-15-59-52(55)56)41(79)64-31(14-17-94-5)45(83)70-36(23-93)51(89)90/h24-36,39,72-73,91-93H,6-23,54H2,1-5H3,(H,61,78)(H,62,86)(H,63,85)(H,64,79)(H,65,88)(H,66,80)(H,67,81)(H,68,87)(H,69,82)(H,70,83)(H,71,84)(H,74,75)(H,76,77)(H,89,90)(H4,55,56,59)(H4,57,58,60)/t26-,27-,28-,29-,30-,31-,32-,33-,34-,35-,36-,39-/m0/s1. The van der Waals surface area contributed by atoms with Crippen LogP contribution in [0.4, 0.5) is 0 Å². The van der Waals surface area contributed by atoms with Crippen LogP contribution in [-0.4, -0.2) is 248 Å². The fourth-order valence-electron chi connectivity index (χ4n) is 8.18. The van der Waals surface area contributed by atoms with Crippen LogP contribution in [0.5, 0.6) is 0 Å². The predicted octanol–water partition coefficient (Wildman–Crippen LogP) is -8.20. The molecule has 0 rings (SSSR count). The lowest BCUT2D eigenvalue weighted by Crippen LogP contribution is -2.62. The molecule has 0 aliphatic carbocycles. The van der Waals surface area contributed by atoms with Gasteiger partial charge in [0, 0.05) is 43.2 Å². The van der Waals surface area contributed by atoms with Gasteiger partial charge in [-0.1, -0.05) is 27.7 Å². The number of aliphatic imine (C=N–C) groups is 2. The van der Waals surface area contributed by atoms with Gasteiger partial charge in [-0.15, -0.1) is 0 Å². The Morgan fingerprint density at radius 2 is 0.734 bits per heavy atom. The number of carbonyl (C=O) groups excluding carboxylic acids is 11. The van der Waals surface area contributed by atoms with Crippen molar-refractivity contribution in [3.63, 3.8) is 0 Å². The number of hydrogen-bond donors (Lipinski definition) is 24. The number of carboxylic acid groups (broad SMARTS) is 3. The molecule has 0 saturated carbocycles. The highest BCUT2D eigenvalue weighted by molar-refractivity contribution is 7.98. The monoisotopic (exact) mass is 1410 g/mol. The van der Waals surface area contributed by atoms with Gasteiger partial charge in [0.2, 0.25) is 65.0 Å². The van der Waals surface area contributed by atoms with Crippen LogP contribution in [-0.2, 0) is 67.1 Å². The average molecular weight is 1420 g/mol. The van der Waals surface area contributed by atoms with Crippen LogP contribution in [0.2, 0.25) is 0 Å². The molecule has 0 aliphatic heterocycles. The molecule has 37 nitrogen and oxygen atoms in total. The normalized spacial score (nSPS) is 14.9. The molecule has 0 aromatic rings. The topological polar surface area (TPSA) is 627 Å². The van der Waals surface area contributed by atoms with Crippen molar-refractivity contribution in [2.75, 3.05) is 55.6 Å². The number of aliphatic carboxylic acids is 3. The molecule has 0 fully saturated rings. The molecule has 41 heteroatoms. The van der Waals surface area contributed by atoms with Crippen molar-refractivity contribution in [1.29, 1.82) is 0 Å². The molecule has 0 radical (unpaired) electrons. The van der Waals surface area contributed by atoms with Gasteiger partial charge < -0.3 is 113 Å². The quantitative estimate of drug-likeness (QED) is 0.0116. The number of nitrogens with zero attached hydrogens (tertiary/aromatic N) is 2. The molecule has 0 spiro atoms. The number of carbonyl (C=O) groups is 14. The summed E-state index contributed by atoms with van der Waals surface area (Å²) in [7, 11) is 0. The van der Waals surface area contributed by atoms with Gasteiger partial charge >= 0.3 is 17.9 Å². The molecule has 534 valence electrons. The van der Waals surface area contributed by atoms with E-state index in [2.05, 4.69) is 106 Å². The Morgan fingerprint density at radius 1 is 0.415 bits per heavy atom. The summed E-state index contributed by atoms with van der Waals surface area (Å²) in [5, 5.41) is 75.0. The van der Waals surface area contributed by atoms with Crippen LogP contribution in [0.1, 0.15) is 91.9 Å². The third-order valence-corrected chi connectivity index (χ3v) is 15.1. The summed E-state index contributed by atoms with van der Waals surface area (Å²) in [5.41, 5.74) is 27.5. The van der Waals surface area contributed by atoms with Gasteiger partial charge in [-0.3, -0.25) is 72.3 Å². The first-order chi connectivity index (χ1) is 44.1. The molecular weight excluding hydrogens is 1320 g/mol. The van der Waals surface area contributed by atoms with Gasteiger partial charge in [0.05, 0.1) is 19.3 Å². The zero-order valence-electron chi connectivity index (χ0n) is 52.8. The van der Waals surface area contributed by atoms with Gasteiger partial charge in [-0.2, -0.15) is 49.6 Å². The highest BCUT2D eigenvalue weighted by Gasteiger charge is 2.37. The molecule has 11 amide bonds. The minimum Gasteiger partial charge on any atom is -0.481 e. The van der Waals surface area contributed by atoms with Gasteiger partial charge in [0.15, 0.2) is 11.9 Å². The SMILES string of the molecule is CSCC[C@H](NC(=O)[C@H](CCCN=C(N)N)NC(=O)[C@H](CO)NC(=O)[C@H](CS)NC(=O)[C@H](CCC(=O)O)NC(=O)[C@@H](NC(=O)[C@H](CC(C)C)NC(=O)[C@H](CCCN=C(N)N)NC(=O)[C@H](CO)NC(=O)[C@H](CCC(=O)O)NC(=O)[C@@H](N)CS)C(C)C)C(=O)N[C@@H](CS)C(=O)O. The number of hydrogen-bond acceptors (Lipinski definition) is 23. The Hall–Kier alpha value is -7.60. The maximum absolute atomic E-state index is 14.3. The Bertz CT molecular complexity index is 2620. The van der Waals surface area contributed by atoms with Crippen LogP contribution < -0.4 is 87.2 Å². The fraction of sp³-hybridized carbons (Fsp3) is 0.698. The maximum atomic E-state index is 14.3. The Kier molecular flexibility index (Phi) is 42.7. The molecule has 0 unspecified atom stereocenters. The fourth-order valence-corrected chi connectivity index (χ4v) is 9.33. The minimum atomic E-state index is -1.84. The first kappa shape index (κ1) is 86.4. The molecule has 0 bridgehead atoms. The summed E-state index contributed by atoms with van der Waals surface area (Å²) >= 11 is 13.3. The summed E-state index contributed by atoms with van der Waals surface area (Å²) in [6.45, 7) is 4.06. The largest absolute Gasteiger partial charge is 0.481 e. The second-order valence-electron chi connectivity index (χ2n) is 21.9. The van der Waals surface area contributed by atoms with Crippen molar-refractivity contribution < 1.29 is 92.7 Å². The van der Waals surface area contributed by atoms with E-state index in [4.69, 9.17) is 28.7 Å². The van der Waals surface area contributed by atoms with E-state index < -0.39 is 206 Å². The average Bonchev–Trinajstić information content (AvgIpc) is 0.886. The number of carboxylic acids is 3. The van der Waals surface area contributed by atoms with Crippen LogP contribution in [0, 0.1) is 11.8 Å². The van der Waals surface area contributed by atoms with Gasteiger partial charge in [0.25, 0.3) is 0 Å². The van der Waals surface area contributed by atoms with E-state index in [1.165, 1.54) is 25.6 Å². The molecule has 12 atom stereocenters. The van der Waals surface area contributed by atoms with E-state index in [1.54, 1.807) is 20.1 Å². The third kappa shape index (κ3) is 34.5. The van der Waals surface area contributed by atoms with Crippen molar-refractivity contribution in [3.05, 3.63) is 0 Å². The second-order valence-corrected chi connectivity index (χ2v) is 24.0. The van der Waals surface area contributed by atoms with Crippen LogP contribution in [0.15, 0.2) is 9.98 Å². The lowest BCUT2D eigenvalue weighted by molar-refractivity contribution is -0.141. The number of thioether (sulfide) groups is 1. The molecule has 0 heterocycles. The van der Waals surface area contributed by atoms with Crippen molar-refractivity contribution in [1.82, 2.24) is 58.5 Å². The van der Waals surface area contributed by atoms with E-state index in [9.17, 15) is 92.7 Å². The summed E-state index contributed by atoms with van der Waals surface area (Å²) in [5.74, 6) is -18.0. The van der Waals surface area contributed by atoms with Crippen molar-refractivity contribution in [3.8, 4) is 0 Å². The van der Waals surface area contributed by atoms with Crippen molar-refractivity contribution in [2.45, 2.75) is 164 Å². The number of rotatable bonds is 48. The van der Waals surface area contributed by atoms with Crippen LogP contribution in [0.3, 0.4) is 0 Å². The molecule has 0 saturated heterocycles. The predicted molar refractivity (Wildman–Crippen MR) is 353 cm³/mol. The number of amides is 11. The molecule has 0 aliphatic rings. The van der Waals surface area contributed by atoms with Crippen molar-refractivity contribution >= 4 is 144 Å². The van der Waals surface area contributed by atoms with E-state index in [-0.39, 0.29) is 81.0 Å². The first-order valence-corrected chi connectivity index (χ1v) is 32.8. The van der Waals surface area contributed by atoms with Crippen LogP contribution >= 0.6 is 49.6 Å².